The van der Waals surface area contributed by atoms with Gasteiger partial charge in [0, 0.05) is 14.1 Å². The molecule has 16 heavy (non-hydrogen) atoms. The molecule has 5 heteroatoms. The topological polar surface area (TPSA) is 42.4 Å². The van der Waals surface area contributed by atoms with Crippen LogP contribution in [-0.2, 0) is 0 Å². The highest BCUT2D eigenvalue weighted by atomic mass is 19.1. The van der Waals surface area contributed by atoms with Gasteiger partial charge >= 0.3 is 0 Å². The molecule has 0 N–H and O–H groups in total. The zero-order valence-electron chi connectivity index (χ0n) is 9.24. The first kappa shape index (κ1) is 10.9. The molecular weight excluding hydrogens is 211 g/mol. The van der Waals surface area contributed by atoms with E-state index in [1.54, 1.807) is 14.1 Å². The van der Waals surface area contributed by atoms with E-state index in [0.717, 1.165) is 19.0 Å². The summed E-state index contributed by atoms with van der Waals surface area (Å²) in [5.41, 5.74) is -0.0353. The van der Waals surface area contributed by atoms with Crippen LogP contribution in [0.4, 0.5) is 4.39 Å². The van der Waals surface area contributed by atoms with Crippen LogP contribution >= 0.6 is 0 Å². The van der Waals surface area contributed by atoms with E-state index in [9.17, 15) is 9.18 Å². The summed E-state index contributed by atoms with van der Waals surface area (Å²) in [6.45, 7) is 0. The molecule has 1 amide bonds. The van der Waals surface area contributed by atoms with Crippen molar-refractivity contribution in [3.8, 4) is 5.75 Å². The van der Waals surface area contributed by atoms with Crippen molar-refractivity contribution in [2.75, 3.05) is 14.1 Å². The monoisotopic (exact) mass is 224 g/mol. The minimum Gasteiger partial charge on any atom is -0.488 e. The average molecular weight is 224 g/mol. The lowest BCUT2D eigenvalue weighted by molar-refractivity contribution is 0.0817. The summed E-state index contributed by atoms with van der Waals surface area (Å²) in [5.74, 6) is -0.811. The molecular formula is C11H13FN2O2. The first-order chi connectivity index (χ1) is 7.59. The molecule has 2 rings (SSSR count). The lowest BCUT2D eigenvalue weighted by Gasteiger charge is -2.14. The number of carbonyl (C=O) groups excluding carboxylic acids is 1. The fourth-order valence-corrected chi connectivity index (χ4v) is 1.30. The fourth-order valence-electron chi connectivity index (χ4n) is 1.30. The van der Waals surface area contributed by atoms with Crippen LogP contribution in [0.25, 0.3) is 0 Å². The summed E-state index contributed by atoms with van der Waals surface area (Å²) in [4.78, 5) is 16.8. The Kier molecular flexibility index (Phi) is 2.77. The van der Waals surface area contributed by atoms with Crippen LogP contribution in [0, 0.1) is 5.82 Å². The molecule has 1 aliphatic carbocycles. The van der Waals surface area contributed by atoms with Crippen molar-refractivity contribution in [3.05, 3.63) is 23.8 Å². The van der Waals surface area contributed by atoms with Gasteiger partial charge in [0.05, 0.1) is 18.5 Å². The fraction of sp³-hybridized carbons (Fsp3) is 0.455. The predicted molar refractivity (Wildman–Crippen MR) is 55.9 cm³/mol. The molecule has 1 aliphatic rings. The molecule has 1 saturated carbocycles. The van der Waals surface area contributed by atoms with Crippen molar-refractivity contribution < 1.29 is 13.9 Å². The maximum atomic E-state index is 13.5. The molecule has 0 saturated heterocycles. The number of pyridine rings is 1. The molecule has 0 bridgehead atoms. The highest BCUT2D eigenvalue weighted by molar-refractivity contribution is 5.96. The Bertz CT molecular complexity index is 416. The number of halogens is 1. The summed E-state index contributed by atoms with van der Waals surface area (Å²) >= 11 is 0. The summed E-state index contributed by atoms with van der Waals surface area (Å²) in [6.07, 6.45) is 4.42. The van der Waals surface area contributed by atoms with Gasteiger partial charge in [-0.25, -0.2) is 4.39 Å². The Morgan fingerprint density at radius 1 is 1.50 bits per heavy atom. The normalized spacial score (nSPS) is 14.7. The van der Waals surface area contributed by atoms with Crippen molar-refractivity contribution in [2.45, 2.75) is 18.9 Å². The van der Waals surface area contributed by atoms with Gasteiger partial charge in [-0.2, -0.15) is 0 Å². The number of carbonyl (C=O) groups is 1. The zero-order chi connectivity index (χ0) is 11.7. The number of hydrogen-bond donors (Lipinski definition) is 0. The molecule has 0 spiro atoms. The Balaban J connectivity index is 2.35. The summed E-state index contributed by atoms with van der Waals surface area (Å²) in [5, 5.41) is 0. The lowest BCUT2D eigenvalue weighted by Crippen LogP contribution is -2.24. The number of aromatic nitrogens is 1. The van der Waals surface area contributed by atoms with Crippen LogP contribution in [-0.4, -0.2) is 36.0 Å². The standard InChI is InChI=1S/C11H13FN2O2/c1-14(2)11(15)10-8(12)5-13-6-9(10)16-7-3-4-7/h5-7H,3-4H2,1-2H3. The van der Waals surface area contributed by atoms with E-state index in [-0.39, 0.29) is 17.4 Å². The highest BCUT2D eigenvalue weighted by Gasteiger charge is 2.28. The molecule has 4 nitrogen and oxygen atoms in total. The van der Waals surface area contributed by atoms with Crippen LogP contribution < -0.4 is 4.74 Å². The SMILES string of the molecule is CN(C)C(=O)c1c(F)cncc1OC1CC1. The summed E-state index contributed by atoms with van der Waals surface area (Å²) in [6, 6.07) is 0. The van der Waals surface area contributed by atoms with Crippen LogP contribution in [0.15, 0.2) is 12.4 Å². The van der Waals surface area contributed by atoms with E-state index in [2.05, 4.69) is 4.98 Å². The van der Waals surface area contributed by atoms with Crippen molar-refractivity contribution in [2.24, 2.45) is 0 Å². The van der Waals surface area contributed by atoms with E-state index < -0.39 is 11.7 Å². The average Bonchev–Trinajstić information content (AvgIpc) is 3.01. The Morgan fingerprint density at radius 3 is 2.75 bits per heavy atom. The van der Waals surface area contributed by atoms with Gasteiger partial charge < -0.3 is 9.64 Å². The van der Waals surface area contributed by atoms with Gasteiger partial charge in [-0.3, -0.25) is 9.78 Å². The number of nitrogens with zero attached hydrogens (tertiary/aromatic N) is 2. The Hall–Kier alpha value is -1.65. The van der Waals surface area contributed by atoms with E-state index in [0.29, 0.717) is 0 Å². The van der Waals surface area contributed by atoms with Crippen LogP contribution in [0.2, 0.25) is 0 Å². The number of rotatable bonds is 3. The summed E-state index contributed by atoms with van der Waals surface area (Å²) in [7, 11) is 3.15. The van der Waals surface area contributed by atoms with E-state index in [1.807, 2.05) is 0 Å². The molecule has 0 aliphatic heterocycles. The van der Waals surface area contributed by atoms with E-state index >= 15 is 0 Å². The third-order valence-corrected chi connectivity index (χ3v) is 2.30. The Morgan fingerprint density at radius 2 is 2.19 bits per heavy atom. The number of ether oxygens (including phenoxy) is 1. The van der Waals surface area contributed by atoms with Crippen LogP contribution in [0.5, 0.6) is 5.75 Å². The second-order valence-electron chi connectivity index (χ2n) is 4.01. The minimum absolute atomic E-state index is 0.0353. The van der Waals surface area contributed by atoms with Gasteiger partial charge in [0.2, 0.25) is 0 Å². The molecule has 1 heterocycles. The molecule has 0 unspecified atom stereocenters. The van der Waals surface area contributed by atoms with Gasteiger partial charge in [-0.15, -0.1) is 0 Å². The first-order valence-electron chi connectivity index (χ1n) is 5.11. The maximum absolute atomic E-state index is 13.5. The molecule has 1 aromatic rings. The van der Waals surface area contributed by atoms with Crippen LogP contribution in [0.1, 0.15) is 23.2 Å². The molecule has 1 fully saturated rings. The second-order valence-corrected chi connectivity index (χ2v) is 4.01. The Labute approximate surface area is 93.0 Å². The van der Waals surface area contributed by atoms with Gasteiger partial charge in [0.25, 0.3) is 5.91 Å². The molecule has 86 valence electrons. The zero-order valence-corrected chi connectivity index (χ0v) is 9.24. The number of amides is 1. The van der Waals surface area contributed by atoms with E-state index in [1.165, 1.54) is 11.1 Å². The quantitative estimate of drug-likeness (QED) is 0.780. The first-order valence-corrected chi connectivity index (χ1v) is 5.11. The second kappa shape index (κ2) is 4.08. The third-order valence-electron chi connectivity index (χ3n) is 2.30. The lowest BCUT2D eigenvalue weighted by atomic mass is 10.2. The molecule has 1 aromatic heterocycles. The van der Waals surface area contributed by atoms with Crippen molar-refractivity contribution in [1.29, 1.82) is 0 Å². The molecule has 0 radical (unpaired) electrons. The largest absolute Gasteiger partial charge is 0.488 e. The van der Waals surface area contributed by atoms with Crippen LogP contribution in [0.3, 0.4) is 0 Å². The molecule has 0 aromatic carbocycles. The number of hydrogen-bond acceptors (Lipinski definition) is 3. The summed E-state index contributed by atoms with van der Waals surface area (Å²) < 4.78 is 19.0. The van der Waals surface area contributed by atoms with Crippen molar-refractivity contribution in [1.82, 2.24) is 9.88 Å². The van der Waals surface area contributed by atoms with E-state index in [4.69, 9.17) is 4.74 Å². The minimum atomic E-state index is -0.642. The van der Waals surface area contributed by atoms with Gasteiger partial charge in [-0.1, -0.05) is 0 Å². The van der Waals surface area contributed by atoms with Crippen molar-refractivity contribution >= 4 is 5.91 Å². The van der Waals surface area contributed by atoms with Crippen molar-refractivity contribution in [3.63, 3.8) is 0 Å². The third kappa shape index (κ3) is 2.13. The smallest absolute Gasteiger partial charge is 0.260 e. The van der Waals surface area contributed by atoms with Gasteiger partial charge in [0.1, 0.15) is 5.56 Å². The van der Waals surface area contributed by atoms with Gasteiger partial charge in [0.15, 0.2) is 11.6 Å². The molecule has 0 atom stereocenters. The maximum Gasteiger partial charge on any atom is 0.260 e. The predicted octanol–water partition coefficient (Wildman–Crippen LogP) is 1.46. The highest BCUT2D eigenvalue weighted by Crippen LogP contribution is 2.30. The van der Waals surface area contributed by atoms with Gasteiger partial charge in [-0.05, 0) is 12.8 Å².